The molecule has 110 valence electrons. The molecule has 0 bridgehead atoms. The van der Waals surface area contributed by atoms with E-state index in [1.807, 2.05) is 42.5 Å². The maximum Gasteiger partial charge on any atom is 0.119 e. The Morgan fingerprint density at radius 3 is 2.48 bits per heavy atom. The molecule has 2 aromatic carbocycles. The standard InChI is InChI=1S/C16H16BrClN2O/c17-11-3-8-14(15(18)9-11)16(20-19)10-1-4-12(5-2-10)21-13-6-7-13/h1-5,8-9,13,16,20H,6-7,19H2. The van der Waals surface area contributed by atoms with Gasteiger partial charge in [0.15, 0.2) is 0 Å². The van der Waals surface area contributed by atoms with Crippen molar-refractivity contribution in [2.24, 2.45) is 5.84 Å². The average Bonchev–Trinajstić information content (AvgIpc) is 3.27. The number of hydrogen-bond donors (Lipinski definition) is 2. The summed E-state index contributed by atoms with van der Waals surface area (Å²) in [7, 11) is 0. The van der Waals surface area contributed by atoms with Gasteiger partial charge in [0.2, 0.25) is 0 Å². The van der Waals surface area contributed by atoms with E-state index in [1.165, 1.54) is 0 Å². The second kappa shape index (κ2) is 6.36. The molecule has 3 nitrogen and oxygen atoms in total. The quantitative estimate of drug-likeness (QED) is 0.615. The molecule has 0 saturated heterocycles. The van der Waals surface area contributed by atoms with Crippen molar-refractivity contribution in [3.8, 4) is 5.75 Å². The maximum absolute atomic E-state index is 6.31. The van der Waals surface area contributed by atoms with E-state index in [2.05, 4.69) is 21.4 Å². The van der Waals surface area contributed by atoms with E-state index in [4.69, 9.17) is 22.2 Å². The summed E-state index contributed by atoms with van der Waals surface area (Å²) < 4.78 is 6.70. The lowest BCUT2D eigenvalue weighted by atomic mass is 9.99. The van der Waals surface area contributed by atoms with E-state index in [-0.39, 0.29) is 6.04 Å². The van der Waals surface area contributed by atoms with Crippen LogP contribution in [-0.4, -0.2) is 6.10 Å². The fraction of sp³-hybridized carbons (Fsp3) is 0.250. The first-order valence-electron chi connectivity index (χ1n) is 6.85. The third-order valence-corrected chi connectivity index (χ3v) is 4.30. The number of ether oxygens (including phenoxy) is 1. The van der Waals surface area contributed by atoms with E-state index in [0.29, 0.717) is 11.1 Å². The van der Waals surface area contributed by atoms with Gasteiger partial charge in [-0.3, -0.25) is 5.84 Å². The van der Waals surface area contributed by atoms with Gasteiger partial charge in [0.1, 0.15) is 5.75 Å². The average molecular weight is 368 g/mol. The second-order valence-corrected chi connectivity index (χ2v) is 6.47. The molecule has 2 aromatic rings. The third kappa shape index (κ3) is 3.58. The molecule has 0 aromatic heterocycles. The molecular weight excluding hydrogens is 352 g/mol. The van der Waals surface area contributed by atoms with Crippen LogP contribution in [0.3, 0.4) is 0 Å². The Labute approximate surface area is 137 Å². The number of rotatable bonds is 5. The van der Waals surface area contributed by atoms with Crippen LogP contribution < -0.4 is 16.0 Å². The van der Waals surface area contributed by atoms with E-state index < -0.39 is 0 Å². The maximum atomic E-state index is 6.31. The number of halogens is 2. The molecule has 0 spiro atoms. The van der Waals surface area contributed by atoms with Crippen LogP contribution in [0.1, 0.15) is 30.0 Å². The summed E-state index contributed by atoms with van der Waals surface area (Å²) in [4.78, 5) is 0. The predicted octanol–water partition coefficient (Wildman–Crippen LogP) is 4.20. The molecule has 1 saturated carbocycles. The van der Waals surface area contributed by atoms with Crippen molar-refractivity contribution in [2.45, 2.75) is 25.0 Å². The highest BCUT2D eigenvalue weighted by Gasteiger charge is 2.23. The SMILES string of the molecule is NNC(c1ccc(OC2CC2)cc1)c1ccc(Br)cc1Cl. The van der Waals surface area contributed by atoms with Gasteiger partial charge < -0.3 is 4.74 Å². The summed E-state index contributed by atoms with van der Waals surface area (Å²) in [5, 5.41) is 0.672. The normalized spacial score (nSPS) is 15.8. The van der Waals surface area contributed by atoms with Crippen molar-refractivity contribution >= 4 is 27.5 Å². The van der Waals surface area contributed by atoms with Crippen LogP contribution in [0.25, 0.3) is 0 Å². The fourth-order valence-corrected chi connectivity index (χ4v) is 3.00. The minimum Gasteiger partial charge on any atom is -0.490 e. The van der Waals surface area contributed by atoms with Gasteiger partial charge in [0, 0.05) is 9.50 Å². The zero-order valence-electron chi connectivity index (χ0n) is 11.4. The summed E-state index contributed by atoms with van der Waals surface area (Å²) in [6.45, 7) is 0. The van der Waals surface area contributed by atoms with Crippen molar-refractivity contribution < 1.29 is 4.74 Å². The molecule has 1 atom stereocenters. The molecule has 0 aliphatic heterocycles. The number of hydrazine groups is 1. The fourth-order valence-electron chi connectivity index (χ4n) is 2.22. The minimum absolute atomic E-state index is 0.152. The molecule has 0 heterocycles. The van der Waals surface area contributed by atoms with Crippen molar-refractivity contribution in [2.75, 3.05) is 0 Å². The highest BCUT2D eigenvalue weighted by atomic mass is 79.9. The first kappa shape index (κ1) is 14.9. The number of benzene rings is 2. The lowest BCUT2D eigenvalue weighted by molar-refractivity contribution is 0.303. The van der Waals surface area contributed by atoms with E-state index in [9.17, 15) is 0 Å². The van der Waals surface area contributed by atoms with Crippen molar-refractivity contribution in [1.29, 1.82) is 0 Å². The van der Waals surface area contributed by atoms with Crippen LogP contribution >= 0.6 is 27.5 Å². The number of hydrogen-bond acceptors (Lipinski definition) is 3. The second-order valence-electron chi connectivity index (χ2n) is 5.15. The Morgan fingerprint density at radius 1 is 1.19 bits per heavy atom. The lowest BCUT2D eigenvalue weighted by Crippen LogP contribution is -2.29. The van der Waals surface area contributed by atoms with Crippen LogP contribution in [-0.2, 0) is 0 Å². The molecule has 0 radical (unpaired) electrons. The van der Waals surface area contributed by atoms with Gasteiger partial charge in [0.05, 0.1) is 12.1 Å². The topological polar surface area (TPSA) is 47.3 Å². The third-order valence-electron chi connectivity index (χ3n) is 3.48. The number of nitrogens with two attached hydrogens (primary N) is 1. The zero-order valence-corrected chi connectivity index (χ0v) is 13.7. The number of nitrogens with one attached hydrogen (secondary N) is 1. The molecule has 3 rings (SSSR count). The van der Waals surface area contributed by atoms with Crippen LogP contribution in [0.5, 0.6) is 5.75 Å². The summed E-state index contributed by atoms with van der Waals surface area (Å²) in [5.41, 5.74) is 4.82. The van der Waals surface area contributed by atoms with Gasteiger partial charge in [-0.05, 0) is 48.2 Å². The van der Waals surface area contributed by atoms with Gasteiger partial charge >= 0.3 is 0 Å². The molecule has 1 fully saturated rings. The van der Waals surface area contributed by atoms with Crippen LogP contribution in [0.4, 0.5) is 0 Å². The van der Waals surface area contributed by atoms with Gasteiger partial charge in [-0.15, -0.1) is 0 Å². The Morgan fingerprint density at radius 2 is 1.90 bits per heavy atom. The molecular formula is C16H16BrClN2O. The van der Waals surface area contributed by atoms with Gasteiger partial charge in [-0.25, -0.2) is 5.43 Å². The van der Waals surface area contributed by atoms with Crippen molar-refractivity contribution in [3.05, 3.63) is 63.1 Å². The van der Waals surface area contributed by atoms with Crippen LogP contribution in [0, 0.1) is 0 Å². The summed E-state index contributed by atoms with van der Waals surface area (Å²) >= 11 is 9.72. The van der Waals surface area contributed by atoms with Gasteiger partial charge in [-0.2, -0.15) is 0 Å². The van der Waals surface area contributed by atoms with Crippen LogP contribution in [0.15, 0.2) is 46.9 Å². The summed E-state index contributed by atoms with van der Waals surface area (Å²) in [6, 6.07) is 13.6. The summed E-state index contributed by atoms with van der Waals surface area (Å²) in [6.07, 6.45) is 2.71. The van der Waals surface area contributed by atoms with Crippen molar-refractivity contribution in [3.63, 3.8) is 0 Å². The van der Waals surface area contributed by atoms with Gasteiger partial charge in [-0.1, -0.05) is 45.7 Å². The monoisotopic (exact) mass is 366 g/mol. The van der Waals surface area contributed by atoms with Gasteiger partial charge in [0.25, 0.3) is 0 Å². The molecule has 21 heavy (non-hydrogen) atoms. The lowest BCUT2D eigenvalue weighted by Gasteiger charge is -2.19. The Bertz CT molecular complexity index is 629. The van der Waals surface area contributed by atoms with E-state index in [0.717, 1.165) is 34.2 Å². The molecule has 5 heteroatoms. The summed E-state index contributed by atoms with van der Waals surface area (Å²) in [5.74, 6) is 6.62. The smallest absolute Gasteiger partial charge is 0.119 e. The largest absolute Gasteiger partial charge is 0.490 e. The van der Waals surface area contributed by atoms with Crippen molar-refractivity contribution in [1.82, 2.24) is 5.43 Å². The minimum atomic E-state index is -0.152. The molecule has 0 amide bonds. The highest BCUT2D eigenvalue weighted by Crippen LogP contribution is 2.32. The van der Waals surface area contributed by atoms with E-state index in [1.54, 1.807) is 0 Å². The predicted molar refractivity (Wildman–Crippen MR) is 88.4 cm³/mol. The molecule has 1 unspecified atom stereocenters. The molecule has 3 N–H and O–H groups in total. The Kier molecular flexibility index (Phi) is 4.50. The Balaban J connectivity index is 1.84. The molecule has 1 aliphatic rings. The first-order chi connectivity index (χ1) is 10.2. The first-order valence-corrected chi connectivity index (χ1v) is 8.02. The molecule has 1 aliphatic carbocycles. The highest BCUT2D eigenvalue weighted by molar-refractivity contribution is 9.10. The Hall–Kier alpha value is -1.07. The van der Waals surface area contributed by atoms with E-state index >= 15 is 0 Å². The van der Waals surface area contributed by atoms with Crippen LogP contribution in [0.2, 0.25) is 5.02 Å². The zero-order chi connectivity index (χ0) is 14.8.